The molecule has 27 heavy (non-hydrogen) atoms. The lowest BCUT2D eigenvalue weighted by Gasteiger charge is -2.12. The van der Waals surface area contributed by atoms with Gasteiger partial charge in [0.25, 0.3) is 0 Å². The third kappa shape index (κ3) is 4.60. The summed E-state index contributed by atoms with van der Waals surface area (Å²) in [5, 5.41) is 0. The van der Waals surface area contributed by atoms with E-state index in [1.54, 1.807) is 12.3 Å². The molecule has 0 aliphatic heterocycles. The normalized spacial score (nSPS) is 10.5. The van der Waals surface area contributed by atoms with Gasteiger partial charge in [-0.05, 0) is 44.8 Å². The minimum atomic E-state index is 0.236. The Labute approximate surface area is 159 Å². The molecule has 0 bridgehead atoms. The summed E-state index contributed by atoms with van der Waals surface area (Å²) in [4.78, 5) is 14.9. The van der Waals surface area contributed by atoms with Crippen LogP contribution < -0.4 is 11.5 Å². The van der Waals surface area contributed by atoms with E-state index in [1.807, 2.05) is 39.2 Å². The maximum atomic E-state index is 5.91. The van der Waals surface area contributed by atoms with Gasteiger partial charge in [0, 0.05) is 23.9 Å². The molecule has 0 aliphatic carbocycles. The number of nitrogens with zero attached hydrogens (tertiary/aromatic N) is 4. The molecule has 0 radical (unpaired) electrons. The second-order valence-corrected chi connectivity index (χ2v) is 6.55. The lowest BCUT2D eigenvalue weighted by atomic mass is 10.0. The molecule has 3 rings (SSSR count). The van der Waals surface area contributed by atoms with Crippen molar-refractivity contribution in [2.24, 2.45) is 0 Å². The molecular weight excluding hydrogens is 336 g/mol. The number of rotatable bonds is 3. The topological polar surface area (TPSA) is 94.0 Å². The quantitative estimate of drug-likeness (QED) is 0.699. The first kappa shape index (κ1) is 18.4. The summed E-state index contributed by atoms with van der Waals surface area (Å²) in [5.74, 6) is 6.99. The number of hydrogen-bond acceptors (Lipinski definition) is 6. The summed E-state index contributed by atoms with van der Waals surface area (Å²) >= 11 is 0. The molecule has 0 fully saturated rings. The SMILES string of the molecule is Cc1nc(N)nc(-c2cccc(CN(C)C)c2)c1C#Cc1ccc(N)nc1. The third-order valence-corrected chi connectivity index (χ3v) is 3.92. The van der Waals surface area contributed by atoms with Crippen molar-refractivity contribution in [3.8, 4) is 23.1 Å². The summed E-state index contributed by atoms with van der Waals surface area (Å²) in [6.45, 7) is 2.72. The highest BCUT2D eigenvalue weighted by Crippen LogP contribution is 2.25. The Morgan fingerprint density at radius 1 is 1.04 bits per heavy atom. The highest BCUT2D eigenvalue weighted by atomic mass is 15.0. The highest BCUT2D eigenvalue weighted by Gasteiger charge is 2.12. The number of anilines is 2. The van der Waals surface area contributed by atoms with E-state index in [4.69, 9.17) is 11.5 Å². The smallest absolute Gasteiger partial charge is 0.220 e. The van der Waals surface area contributed by atoms with Crippen molar-refractivity contribution in [3.05, 3.63) is 65.0 Å². The number of hydrogen-bond donors (Lipinski definition) is 2. The fourth-order valence-electron chi connectivity index (χ4n) is 2.75. The predicted molar refractivity (Wildman–Crippen MR) is 109 cm³/mol. The number of benzene rings is 1. The van der Waals surface area contributed by atoms with Gasteiger partial charge in [-0.25, -0.2) is 15.0 Å². The molecule has 0 atom stereocenters. The van der Waals surface area contributed by atoms with E-state index in [-0.39, 0.29) is 5.95 Å². The van der Waals surface area contributed by atoms with Crippen molar-refractivity contribution in [2.75, 3.05) is 25.6 Å². The standard InChI is InChI=1S/C21H22N6/c1-14-18(9-7-15-8-10-19(22)24-12-15)20(26-21(23)25-14)17-6-4-5-16(11-17)13-27(2)3/h4-6,8,10-12H,13H2,1-3H3,(H2,22,24)(H2,23,25,26). The Morgan fingerprint density at radius 3 is 2.56 bits per heavy atom. The van der Waals surface area contributed by atoms with E-state index >= 15 is 0 Å². The molecule has 1 aromatic carbocycles. The van der Waals surface area contributed by atoms with Crippen molar-refractivity contribution < 1.29 is 0 Å². The first-order chi connectivity index (χ1) is 12.9. The molecule has 2 aromatic heterocycles. The Bertz CT molecular complexity index is 1010. The van der Waals surface area contributed by atoms with Crippen molar-refractivity contribution in [1.82, 2.24) is 19.9 Å². The monoisotopic (exact) mass is 358 g/mol. The second kappa shape index (κ2) is 7.85. The fraction of sp³-hybridized carbons (Fsp3) is 0.190. The van der Waals surface area contributed by atoms with Crippen molar-refractivity contribution in [1.29, 1.82) is 0 Å². The number of pyridine rings is 1. The van der Waals surface area contributed by atoms with Gasteiger partial charge in [-0.2, -0.15) is 0 Å². The predicted octanol–water partition coefficient (Wildman–Crippen LogP) is 2.47. The molecule has 0 saturated carbocycles. The Kier molecular flexibility index (Phi) is 5.34. The van der Waals surface area contributed by atoms with E-state index in [9.17, 15) is 0 Å². The van der Waals surface area contributed by atoms with Crippen LogP contribution in [0.4, 0.5) is 11.8 Å². The van der Waals surface area contributed by atoms with Gasteiger partial charge in [0.15, 0.2) is 0 Å². The molecule has 0 aliphatic rings. The van der Waals surface area contributed by atoms with Gasteiger partial charge in [0.1, 0.15) is 5.82 Å². The van der Waals surface area contributed by atoms with Gasteiger partial charge >= 0.3 is 0 Å². The van der Waals surface area contributed by atoms with E-state index in [0.29, 0.717) is 5.82 Å². The highest BCUT2D eigenvalue weighted by molar-refractivity contribution is 5.70. The van der Waals surface area contributed by atoms with Crippen LogP contribution in [0.2, 0.25) is 0 Å². The van der Waals surface area contributed by atoms with Crippen LogP contribution in [0.5, 0.6) is 0 Å². The summed E-state index contributed by atoms with van der Waals surface area (Å²) in [7, 11) is 4.08. The average molecular weight is 358 g/mol. The number of nitrogen functional groups attached to an aromatic ring is 2. The molecule has 2 heterocycles. The maximum absolute atomic E-state index is 5.91. The summed E-state index contributed by atoms with van der Waals surface area (Å²) < 4.78 is 0. The second-order valence-electron chi connectivity index (χ2n) is 6.55. The van der Waals surface area contributed by atoms with E-state index in [2.05, 4.69) is 43.8 Å². The van der Waals surface area contributed by atoms with Crippen LogP contribution in [0, 0.1) is 18.8 Å². The zero-order chi connectivity index (χ0) is 19.4. The lowest BCUT2D eigenvalue weighted by molar-refractivity contribution is 0.402. The molecule has 3 aromatic rings. The molecule has 0 amide bonds. The summed E-state index contributed by atoms with van der Waals surface area (Å²) in [6.07, 6.45) is 1.65. The van der Waals surface area contributed by atoms with E-state index in [0.717, 1.165) is 34.6 Å². The van der Waals surface area contributed by atoms with Crippen LogP contribution in [0.3, 0.4) is 0 Å². The summed E-state index contributed by atoms with van der Waals surface area (Å²) in [6, 6.07) is 11.8. The van der Waals surface area contributed by atoms with Crippen LogP contribution in [0.25, 0.3) is 11.3 Å². The van der Waals surface area contributed by atoms with Gasteiger partial charge in [-0.3, -0.25) is 0 Å². The minimum Gasteiger partial charge on any atom is -0.384 e. The van der Waals surface area contributed by atoms with Gasteiger partial charge in [-0.15, -0.1) is 0 Å². The van der Waals surface area contributed by atoms with E-state index < -0.39 is 0 Å². The first-order valence-corrected chi connectivity index (χ1v) is 8.54. The first-order valence-electron chi connectivity index (χ1n) is 8.54. The molecule has 6 heteroatoms. The van der Waals surface area contributed by atoms with Crippen molar-refractivity contribution in [3.63, 3.8) is 0 Å². The number of aromatic nitrogens is 3. The van der Waals surface area contributed by atoms with Crippen LogP contribution >= 0.6 is 0 Å². The van der Waals surface area contributed by atoms with Gasteiger partial charge < -0.3 is 16.4 Å². The Hall–Kier alpha value is -3.43. The molecule has 0 saturated heterocycles. The lowest BCUT2D eigenvalue weighted by Crippen LogP contribution is -2.10. The van der Waals surface area contributed by atoms with Gasteiger partial charge in [-0.1, -0.05) is 30.0 Å². The van der Waals surface area contributed by atoms with Crippen molar-refractivity contribution in [2.45, 2.75) is 13.5 Å². The average Bonchev–Trinajstić information content (AvgIpc) is 2.61. The third-order valence-electron chi connectivity index (χ3n) is 3.92. The molecule has 136 valence electrons. The number of nitrogens with two attached hydrogens (primary N) is 2. The largest absolute Gasteiger partial charge is 0.384 e. The van der Waals surface area contributed by atoms with Crippen molar-refractivity contribution >= 4 is 11.8 Å². The fourth-order valence-corrected chi connectivity index (χ4v) is 2.75. The van der Waals surface area contributed by atoms with Crippen LogP contribution in [-0.2, 0) is 6.54 Å². The van der Waals surface area contributed by atoms with Crippen LogP contribution in [0.1, 0.15) is 22.4 Å². The Balaban J connectivity index is 2.07. The van der Waals surface area contributed by atoms with Crippen LogP contribution in [-0.4, -0.2) is 33.9 Å². The summed E-state index contributed by atoms with van der Waals surface area (Å²) in [5.41, 5.74) is 16.7. The molecular formula is C21H22N6. The zero-order valence-corrected chi connectivity index (χ0v) is 15.7. The van der Waals surface area contributed by atoms with Gasteiger partial charge in [0.05, 0.1) is 17.0 Å². The minimum absolute atomic E-state index is 0.236. The molecule has 0 unspecified atom stereocenters. The van der Waals surface area contributed by atoms with Crippen LogP contribution in [0.15, 0.2) is 42.6 Å². The van der Waals surface area contributed by atoms with Gasteiger partial charge in [0.2, 0.25) is 5.95 Å². The maximum Gasteiger partial charge on any atom is 0.220 e. The van der Waals surface area contributed by atoms with E-state index in [1.165, 1.54) is 5.56 Å². The molecule has 6 nitrogen and oxygen atoms in total. The molecule has 0 spiro atoms. The number of aryl methyl sites for hydroxylation is 1. The molecule has 4 N–H and O–H groups in total. The zero-order valence-electron chi connectivity index (χ0n) is 15.7. The Morgan fingerprint density at radius 2 is 1.85 bits per heavy atom.